The molecule has 1 aliphatic rings. The van der Waals surface area contributed by atoms with E-state index in [0.29, 0.717) is 21.8 Å². The minimum atomic E-state index is -0.578. The molecule has 28 heavy (non-hydrogen) atoms. The lowest BCUT2D eigenvalue weighted by Crippen LogP contribution is -2.33. The molecule has 0 saturated heterocycles. The number of hydrogen-bond donors (Lipinski definition) is 2. The summed E-state index contributed by atoms with van der Waals surface area (Å²) in [6, 6.07) is 6.98. The van der Waals surface area contributed by atoms with Gasteiger partial charge in [-0.1, -0.05) is 25.0 Å². The third-order valence-corrected chi connectivity index (χ3v) is 5.61. The zero-order valence-corrected chi connectivity index (χ0v) is 16.7. The first kappa shape index (κ1) is 20.0. The Morgan fingerprint density at radius 2 is 1.89 bits per heavy atom. The van der Waals surface area contributed by atoms with Crippen LogP contribution in [-0.2, 0) is 9.53 Å². The number of thiazole rings is 1. The molecule has 0 atom stereocenters. The van der Waals surface area contributed by atoms with Gasteiger partial charge in [-0.3, -0.25) is 9.59 Å². The van der Waals surface area contributed by atoms with E-state index < -0.39 is 18.5 Å². The van der Waals surface area contributed by atoms with E-state index in [1.165, 1.54) is 11.3 Å². The van der Waals surface area contributed by atoms with Crippen molar-refractivity contribution in [2.45, 2.75) is 45.6 Å². The van der Waals surface area contributed by atoms with E-state index in [2.05, 4.69) is 15.6 Å². The van der Waals surface area contributed by atoms with Crippen LogP contribution in [0.2, 0.25) is 0 Å². The first-order valence-electron chi connectivity index (χ1n) is 9.25. The summed E-state index contributed by atoms with van der Waals surface area (Å²) in [6.45, 7) is 3.09. The molecule has 1 saturated carbocycles. The zero-order chi connectivity index (χ0) is 20.1. The predicted octanol–water partition coefficient (Wildman–Crippen LogP) is 3.23. The Bertz CT molecular complexity index is 887. The molecule has 0 radical (unpaired) electrons. The molecule has 1 fully saturated rings. The molecule has 1 aliphatic carbocycles. The van der Waals surface area contributed by atoms with E-state index in [-0.39, 0.29) is 11.9 Å². The van der Waals surface area contributed by atoms with Crippen LogP contribution in [-0.4, -0.2) is 35.4 Å². The number of hydrogen-bond acceptors (Lipinski definition) is 6. The number of para-hydroxylation sites is 1. The molecule has 7 nitrogen and oxygen atoms in total. The van der Waals surface area contributed by atoms with Crippen molar-refractivity contribution in [2.24, 2.45) is 0 Å². The maximum atomic E-state index is 12.5. The molecule has 0 spiro atoms. The number of benzene rings is 1. The lowest BCUT2D eigenvalue weighted by molar-refractivity contribution is -0.119. The second kappa shape index (κ2) is 8.97. The van der Waals surface area contributed by atoms with Gasteiger partial charge in [-0.05, 0) is 38.8 Å². The van der Waals surface area contributed by atoms with Gasteiger partial charge in [-0.15, -0.1) is 11.3 Å². The van der Waals surface area contributed by atoms with Gasteiger partial charge in [0.1, 0.15) is 4.88 Å². The third kappa shape index (κ3) is 4.95. The van der Waals surface area contributed by atoms with Crippen LogP contribution >= 0.6 is 11.3 Å². The van der Waals surface area contributed by atoms with Gasteiger partial charge >= 0.3 is 5.97 Å². The summed E-state index contributed by atoms with van der Waals surface area (Å²) in [6.07, 6.45) is 4.19. The number of aryl methyl sites for hydroxylation is 2. The molecule has 1 aromatic heterocycles. The van der Waals surface area contributed by atoms with E-state index in [0.717, 1.165) is 30.7 Å². The van der Waals surface area contributed by atoms with Crippen molar-refractivity contribution in [3.63, 3.8) is 0 Å². The first-order valence-corrected chi connectivity index (χ1v) is 10.1. The van der Waals surface area contributed by atoms with E-state index >= 15 is 0 Å². The van der Waals surface area contributed by atoms with Gasteiger partial charge in [0, 0.05) is 6.04 Å². The summed E-state index contributed by atoms with van der Waals surface area (Å²) < 4.78 is 5.08. The topological polar surface area (TPSA) is 97.4 Å². The summed E-state index contributed by atoms with van der Waals surface area (Å²) in [4.78, 5) is 41.4. The molecular formula is C20H23N3O4S. The van der Waals surface area contributed by atoms with Crippen LogP contribution in [0.4, 0.5) is 5.69 Å². The number of nitrogens with zero attached hydrogens (tertiary/aromatic N) is 1. The Morgan fingerprint density at radius 3 is 2.57 bits per heavy atom. The number of nitrogens with one attached hydrogen (secondary N) is 2. The van der Waals surface area contributed by atoms with Crippen LogP contribution in [0.1, 0.15) is 56.4 Å². The van der Waals surface area contributed by atoms with Crippen molar-refractivity contribution in [2.75, 3.05) is 11.9 Å². The highest BCUT2D eigenvalue weighted by Gasteiger charge is 2.21. The predicted molar refractivity (Wildman–Crippen MR) is 107 cm³/mol. The fraction of sp³-hybridized carbons (Fsp3) is 0.400. The number of ether oxygens (including phenoxy) is 1. The minimum Gasteiger partial charge on any atom is -0.451 e. The second-order valence-electron chi connectivity index (χ2n) is 6.77. The van der Waals surface area contributed by atoms with Crippen LogP contribution in [0, 0.1) is 13.8 Å². The van der Waals surface area contributed by atoms with Crippen molar-refractivity contribution >= 4 is 34.8 Å². The number of amides is 2. The normalized spacial score (nSPS) is 13.9. The van der Waals surface area contributed by atoms with Gasteiger partial charge in [0.15, 0.2) is 6.61 Å². The lowest BCUT2D eigenvalue weighted by Gasteiger charge is -2.15. The fourth-order valence-electron chi connectivity index (χ4n) is 3.23. The molecule has 1 aromatic carbocycles. The Balaban J connectivity index is 1.58. The summed E-state index contributed by atoms with van der Waals surface area (Å²) in [5, 5.41) is 6.42. The van der Waals surface area contributed by atoms with E-state index in [1.54, 1.807) is 38.1 Å². The van der Waals surface area contributed by atoms with Crippen molar-refractivity contribution in [1.29, 1.82) is 0 Å². The van der Waals surface area contributed by atoms with E-state index in [4.69, 9.17) is 4.74 Å². The number of rotatable bonds is 6. The quantitative estimate of drug-likeness (QED) is 0.725. The van der Waals surface area contributed by atoms with Crippen LogP contribution in [0.3, 0.4) is 0 Å². The molecule has 0 unspecified atom stereocenters. The number of esters is 1. The molecule has 2 amide bonds. The van der Waals surface area contributed by atoms with Gasteiger partial charge in [0.05, 0.1) is 22.0 Å². The zero-order valence-electron chi connectivity index (χ0n) is 15.9. The summed E-state index contributed by atoms with van der Waals surface area (Å²) >= 11 is 1.23. The molecule has 148 valence electrons. The summed E-state index contributed by atoms with van der Waals surface area (Å²) in [5.74, 6) is -1.30. The second-order valence-corrected chi connectivity index (χ2v) is 7.98. The standard InChI is InChI=1S/C20H23N3O4S/c1-12-18(28-13(2)21-12)20(26)27-11-17(24)23-16-10-6-5-9-15(16)19(25)22-14-7-3-4-8-14/h5-6,9-10,14H,3-4,7-8,11H2,1-2H3,(H,22,25)(H,23,24). The average Bonchev–Trinajstić information content (AvgIpc) is 3.29. The van der Waals surface area contributed by atoms with Crippen molar-refractivity contribution in [3.05, 3.63) is 45.4 Å². The summed E-state index contributed by atoms with van der Waals surface area (Å²) in [7, 11) is 0. The Morgan fingerprint density at radius 1 is 1.18 bits per heavy atom. The van der Waals surface area contributed by atoms with E-state index in [1.807, 2.05) is 0 Å². The number of carbonyl (C=O) groups excluding carboxylic acids is 3. The molecule has 0 bridgehead atoms. The van der Waals surface area contributed by atoms with Crippen LogP contribution in [0.15, 0.2) is 24.3 Å². The molecule has 8 heteroatoms. The van der Waals surface area contributed by atoms with Crippen molar-refractivity contribution in [1.82, 2.24) is 10.3 Å². The molecule has 3 rings (SSSR count). The highest BCUT2D eigenvalue weighted by Crippen LogP contribution is 2.21. The van der Waals surface area contributed by atoms with Gasteiger partial charge in [0.25, 0.3) is 11.8 Å². The molecule has 2 aromatic rings. The monoisotopic (exact) mass is 401 g/mol. The maximum absolute atomic E-state index is 12.5. The Hall–Kier alpha value is -2.74. The Kier molecular flexibility index (Phi) is 6.41. The number of carbonyl (C=O) groups is 3. The van der Waals surface area contributed by atoms with Gasteiger partial charge in [0.2, 0.25) is 0 Å². The van der Waals surface area contributed by atoms with Gasteiger partial charge in [-0.2, -0.15) is 0 Å². The van der Waals surface area contributed by atoms with Gasteiger partial charge < -0.3 is 15.4 Å². The molecule has 0 aliphatic heterocycles. The largest absolute Gasteiger partial charge is 0.451 e. The van der Waals surface area contributed by atoms with Crippen LogP contribution in [0.5, 0.6) is 0 Å². The Labute approximate surface area is 167 Å². The lowest BCUT2D eigenvalue weighted by atomic mass is 10.1. The van der Waals surface area contributed by atoms with Gasteiger partial charge in [-0.25, -0.2) is 9.78 Å². The number of aromatic nitrogens is 1. The third-order valence-electron chi connectivity index (χ3n) is 4.56. The maximum Gasteiger partial charge on any atom is 0.350 e. The SMILES string of the molecule is Cc1nc(C)c(C(=O)OCC(=O)Nc2ccccc2C(=O)NC2CCCC2)s1. The average molecular weight is 401 g/mol. The summed E-state index contributed by atoms with van der Waals surface area (Å²) in [5.41, 5.74) is 1.37. The number of anilines is 1. The smallest absolute Gasteiger partial charge is 0.350 e. The highest BCUT2D eigenvalue weighted by molar-refractivity contribution is 7.13. The molecule has 2 N–H and O–H groups in total. The first-order chi connectivity index (χ1) is 13.4. The van der Waals surface area contributed by atoms with Crippen LogP contribution < -0.4 is 10.6 Å². The van der Waals surface area contributed by atoms with Crippen LogP contribution in [0.25, 0.3) is 0 Å². The highest BCUT2D eigenvalue weighted by atomic mass is 32.1. The molecule has 1 heterocycles. The van der Waals surface area contributed by atoms with E-state index in [9.17, 15) is 14.4 Å². The molecular weight excluding hydrogens is 378 g/mol. The van der Waals surface area contributed by atoms with Crippen molar-refractivity contribution < 1.29 is 19.1 Å². The fourth-order valence-corrected chi connectivity index (χ4v) is 4.04. The van der Waals surface area contributed by atoms with Crippen molar-refractivity contribution in [3.8, 4) is 0 Å². The minimum absolute atomic E-state index is 0.184.